The van der Waals surface area contributed by atoms with Crippen LogP contribution in [0.25, 0.3) is 17.2 Å². The smallest absolute Gasteiger partial charge is 0.243 e. The SMILES string of the molecule is COc1cccc(OC)c1-n1c(NS(=O)(=O)[C@@H](C)[C@@H](OC)c2ncc(Cl)cn2)nnc1-c1ccn(C)n1. The molecule has 1 N–H and O–H groups in total. The molecule has 1 aromatic carbocycles. The van der Waals surface area contributed by atoms with Gasteiger partial charge in [0, 0.05) is 32.7 Å². The average molecular weight is 549 g/mol. The van der Waals surface area contributed by atoms with Crippen molar-refractivity contribution in [3.8, 4) is 28.7 Å². The van der Waals surface area contributed by atoms with Gasteiger partial charge in [-0.15, -0.1) is 10.2 Å². The first-order valence-corrected chi connectivity index (χ1v) is 12.8. The molecule has 13 nitrogen and oxygen atoms in total. The second kappa shape index (κ2) is 10.7. The topological polar surface area (TPSA) is 148 Å². The van der Waals surface area contributed by atoms with Crippen LogP contribution in [0, 0.1) is 0 Å². The molecule has 0 aliphatic heterocycles. The summed E-state index contributed by atoms with van der Waals surface area (Å²) in [4.78, 5) is 8.22. The molecule has 196 valence electrons. The number of nitrogens with zero attached hydrogens (tertiary/aromatic N) is 7. The number of hydrogen-bond acceptors (Lipinski definition) is 10. The predicted molar refractivity (Wildman–Crippen MR) is 135 cm³/mol. The zero-order chi connectivity index (χ0) is 26.7. The molecule has 0 aliphatic carbocycles. The lowest BCUT2D eigenvalue weighted by atomic mass is 10.2. The van der Waals surface area contributed by atoms with Gasteiger partial charge >= 0.3 is 0 Å². The summed E-state index contributed by atoms with van der Waals surface area (Å²) in [6.07, 6.45) is 3.47. The maximum atomic E-state index is 13.5. The summed E-state index contributed by atoms with van der Waals surface area (Å²) in [7, 11) is 1.97. The minimum Gasteiger partial charge on any atom is -0.494 e. The van der Waals surface area contributed by atoms with Crippen LogP contribution in [0.15, 0.2) is 42.9 Å². The molecule has 4 rings (SSSR count). The van der Waals surface area contributed by atoms with Crippen molar-refractivity contribution in [3.63, 3.8) is 0 Å². The third-order valence-corrected chi connectivity index (χ3v) is 7.42. The Labute approximate surface area is 218 Å². The predicted octanol–water partition coefficient (Wildman–Crippen LogP) is 2.65. The Kier molecular flexibility index (Phi) is 7.61. The summed E-state index contributed by atoms with van der Waals surface area (Å²) < 4.78 is 49.3. The molecule has 0 unspecified atom stereocenters. The fraction of sp³-hybridized carbons (Fsp3) is 0.318. The number of sulfonamides is 1. The van der Waals surface area contributed by atoms with Crippen molar-refractivity contribution in [1.82, 2.24) is 34.5 Å². The first-order chi connectivity index (χ1) is 17.7. The number of anilines is 1. The number of ether oxygens (including phenoxy) is 3. The Morgan fingerprint density at radius 1 is 1.03 bits per heavy atom. The van der Waals surface area contributed by atoms with Gasteiger partial charge in [0.1, 0.15) is 34.2 Å². The first kappa shape index (κ1) is 26.3. The lowest BCUT2D eigenvalue weighted by Crippen LogP contribution is -2.33. The highest BCUT2D eigenvalue weighted by atomic mass is 35.5. The fourth-order valence-electron chi connectivity index (χ4n) is 3.67. The highest BCUT2D eigenvalue weighted by Crippen LogP contribution is 2.37. The normalized spacial score (nSPS) is 13.2. The molecule has 37 heavy (non-hydrogen) atoms. The van der Waals surface area contributed by atoms with Crippen molar-refractivity contribution in [3.05, 3.63) is 53.7 Å². The van der Waals surface area contributed by atoms with Crippen molar-refractivity contribution >= 4 is 27.6 Å². The number of halogens is 1. The molecular weight excluding hydrogens is 524 g/mol. The lowest BCUT2D eigenvalue weighted by molar-refractivity contribution is 0.0950. The van der Waals surface area contributed by atoms with E-state index in [1.807, 2.05) is 0 Å². The van der Waals surface area contributed by atoms with Crippen molar-refractivity contribution in [2.45, 2.75) is 18.3 Å². The molecule has 0 saturated heterocycles. The van der Waals surface area contributed by atoms with Gasteiger partial charge < -0.3 is 14.2 Å². The van der Waals surface area contributed by atoms with E-state index in [4.69, 9.17) is 25.8 Å². The summed E-state index contributed by atoms with van der Waals surface area (Å²) >= 11 is 5.87. The van der Waals surface area contributed by atoms with Crippen LogP contribution in [-0.4, -0.2) is 69.5 Å². The van der Waals surface area contributed by atoms with E-state index in [2.05, 4.69) is 30.0 Å². The number of rotatable bonds is 10. The molecule has 4 aromatic rings. The van der Waals surface area contributed by atoms with Crippen molar-refractivity contribution in [1.29, 1.82) is 0 Å². The Balaban J connectivity index is 1.82. The average Bonchev–Trinajstić information content (AvgIpc) is 3.50. The van der Waals surface area contributed by atoms with Crippen LogP contribution in [0.5, 0.6) is 11.5 Å². The number of benzene rings is 1. The third kappa shape index (κ3) is 5.21. The summed E-state index contributed by atoms with van der Waals surface area (Å²) in [5, 5.41) is 11.9. The molecule has 0 radical (unpaired) electrons. The van der Waals surface area contributed by atoms with Gasteiger partial charge in [-0.05, 0) is 25.1 Å². The minimum atomic E-state index is -4.13. The zero-order valence-electron chi connectivity index (χ0n) is 20.7. The van der Waals surface area contributed by atoms with E-state index in [-0.39, 0.29) is 17.6 Å². The van der Waals surface area contributed by atoms with Gasteiger partial charge in [0.25, 0.3) is 0 Å². The van der Waals surface area contributed by atoms with E-state index in [0.717, 1.165) is 0 Å². The number of aryl methyl sites for hydroxylation is 1. The summed E-state index contributed by atoms with van der Waals surface area (Å²) in [5.74, 6) is 1.11. The van der Waals surface area contributed by atoms with Crippen LogP contribution in [0.3, 0.4) is 0 Å². The van der Waals surface area contributed by atoms with Crippen LogP contribution >= 0.6 is 11.6 Å². The number of nitrogens with one attached hydrogen (secondary N) is 1. The Hall–Kier alpha value is -3.75. The molecule has 0 bridgehead atoms. The quantitative estimate of drug-likeness (QED) is 0.313. The Morgan fingerprint density at radius 3 is 2.22 bits per heavy atom. The highest BCUT2D eigenvalue weighted by Gasteiger charge is 2.35. The number of methoxy groups -OCH3 is 3. The van der Waals surface area contributed by atoms with Gasteiger partial charge in [0.2, 0.25) is 16.0 Å². The molecule has 3 aromatic heterocycles. The second-order valence-electron chi connectivity index (χ2n) is 7.84. The molecule has 0 aliphatic rings. The molecule has 0 fully saturated rings. The third-order valence-electron chi connectivity index (χ3n) is 5.53. The maximum absolute atomic E-state index is 13.5. The van der Waals surface area contributed by atoms with Crippen LogP contribution in [0.2, 0.25) is 5.02 Å². The lowest BCUT2D eigenvalue weighted by Gasteiger charge is -2.22. The largest absolute Gasteiger partial charge is 0.494 e. The van der Waals surface area contributed by atoms with E-state index in [9.17, 15) is 8.42 Å². The monoisotopic (exact) mass is 548 g/mol. The summed E-state index contributed by atoms with van der Waals surface area (Å²) in [6.45, 7) is 1.47. The van der Waals surface area contributed by atoms with E-state index >= 15 is 0 Å². The highest BCUT2D eigenvalue weighted by molar-refractivity contribution is 7.93. The summed E-state index contributed by atoms with van der Waals surface area (Å²) in [5.41, 5.74) is 0.832. The first-order valence-electron chi connectivity index (χ1n) is 10.9. The van der Waals surface area contributed by atoms with Crippen LogP contribution in [-0.2, 0) is 21.8 Å². The standard InChI is InChI=1S/C22H25ClN8O5S/c1-13(19(36-5)20-24-11-14(23)12-25-20)37(32,33)29-22-27-26-21(15-9-10-30(2)28-15)31(22)18-16(34-3)7-6-8-17(18)35-4/h6-13,19H,1-5H3,(H,27,29)/t13-,19+/m0/s1. The van der Waals surface area contributed by atoms with Crippen LogP contribution in [0.4, 0.5) is 5.95 Å². The van der Waals surface area contributed by atoms with Crippen molar-refractivity contribution in [2.24, 2.45) is 7.05 Å². The molecule has 0 saturated carbocycles. The van der Waals surface area contributed by atoms with Gasteiger partial charge in [-0.1, -0.05) is 17.7 Å². The minimum absolute atomic E-state index is 0.109. The fourth-order valence-corrected chi connectivity index (χ4v) is 4.90. The van der Waals surface area contributed by atoms with Crippen LogP contribution < -0.4 is 14.2 Å². The molecular formula is C22H25ClN8O5S. The molecule has 15 heteroatoms. The van der Waals surface area contributed by atoms with Crippen LogP contribution in [0.1, 0.15) is 18.9 Å². The zero-order valence-corrected chi connectivity index (χ0v) is 22.2. The number of hydrogen-bond donors (Lipinski definition) is 1. The molecule has 0 spiro atoms. The number of aromatic nitrogens is 7. The van der Waals surface area contributed by atoms with Gasteiger partial charge in [0.05, 0.1) is 19.2 Å². The van der Waals surface area contributed by atoms with Crippen molar-refractivity contribution in [2.75, 3.05) is 26.1 Å². The maximum Gasteiger partial charge on any atom is 0.243 e. The van der Waals surface area contributed by atoms with Crippen molar-refractivity contribution < 1.29 is 22.6 Å². The van der Waals surface area contributed by atoms with E-state index in [1.165, 1.54) is 45.2 Å². The van der Waals surface area contributed by atoms with Gasteiger partial charge in [0.15, 0.2) is 11.6 Å². The van der Waals surface area contributed by atoms with E-state index < -0.39 is 21.4 Å². The van der Waals surface area contributed by atoms with E-state index in [1.54, 1.807) is 42.2 Å². The Bertz CT molecular complexity index is 1470. The van der Waals surface area contributed by atoms with Gasteiger partial charge in [-0.3, -0.25) is 14.0 Å². The molecule has 0 amide bonds. The molecule has 2 atom stereocenters. The van der Waals surface area contributed by atoms with Gasteiger partial charge in [-0.2, -0.15) is 5.10 Å². The van der Waals surface area contributed by atoms with E-state index in [0.29, 0.717) is 27.9 Å². The van der Waals surface area contributed by atoms with Gasteiger partial charge in [-0.25, -0.2) is 18.4 Å². The number of para-hydroxylation sites is 1. The second-order valence-corrected chi connectivity index (χ2v) is 10.3. The summed E-state index contributed by atoms with van der Waals surface area (Å²) in [6, 6.07) is 6.88. The Morgan fingerprint density at radius 2 is 1.68 bits per heavy atom. The molecule has 3 heterocycles.